The van der Waals surface area contributed by atoms with E-state index in [1.54, 1.807) is 26.1 Å². The molecule has 180 valence electrons. The predicted octanol–water partition coefficient (Wildman–Crippen LogP) is 3.41. The third-order valence-corrected chi connectivity index (χ3v) is 5.89. The highest BCUT2D eigenvalue weighted by Gasteiger charge is 2.25. The highest BCUT2D eigenvalue weighted by molar-refractivity contribution is 6.03. The van der Waals surface area contributed by atoms with Gasteiger partial charge in [0.1, 0.15) is 5.82 Å². The Morgan fingerprint density at radius 2 is 1.91 bits per heavy atom. The number of aliphatic imine (C=N–C) groups is 1. The zero-order chi connectivity index (χ0) is 24.0. The third-order valence-electron chi connectivity index (χ3n) is 5.89. The van der Waals surface area contributed by atoms with E-state index in [4.69, 9.17) is 9.72 Å². The molecule has 1 aliphatic heterocycles. The lowest BCUT2D eigenvalue weighted by Crippen LogP contribution is -2.38. The first-order valence-electron chi connectivity index (χ1n) is 11.6. The number of aromatic amines is 1. The summed E-state index contributed by atoms with van der Waals surface area (Å²) in [5, 5.41) is 0. The minimum absolute atomic E-state index is 0.169. The van der Waals surface area contributed by atoms with E-state index in [0.29, 0.717) is 30.3 Å². The minimum Gasteiger partial charge on any atom is -0.379 e. The van der Waals surface area contributed by atoms with Crippen LogP contribution >= 0.6 is 0 Å². The Balaban J connectivity index is 1.90. The smallest absolute Gasteiger partial charge is 0.255 e. The van der Waals surface area contributed by atoms with Crippen LogP contribution in [0.5, 0.6) is 0 Å². The molecule has 33 heavy (non-hydrogen) atoms. The van der Waals surface area contributed by atoms with Crippen molar-refractivity contribution < 1.29 is 9.13 Å². The molecule has 0 bridgehead atoms. The molecule has 2 heterocycles. The molecule has 1 N–H and O–H groups in total. The number of anilines is 1. The molecule has 0 saturated carbocycles. The van der Waals surface area contributed by atoms with Crippen LogP contribution < -0.4 is 10.5 Å². The molecule has 2 aromatic rings. The molecule has 3 rings (SSSR count). The van der Waals surface area contributed by atoms with E-state index >= 15 is 0 Å². The fraction of sp³-hybridized carbons (Fsp3) is 0.560. The largest absolute Gasteiger partial charge is 0.379 e. The van der Waals surface area contributed by atoms with Gasteiger partial charge < -0.3 is 9.64 Å². The average molecular weight is 458 g/mol. The summed E-state index contributed by atoms with van der Waals surface area (Å²) in [5.41, 5.74) is 2.51. The van der Waals surface area contributed by atoms with Crippen LogP contribution in [0.1, 0.15) is 44.0 Å². The SMILES string of the molecule is CN=C(c1nc(N(CCCN2CCOCC2)Cc2ccc(F)cc2)[nH]c(=O)c1C)C(C)(C)C. The van der Waals surface area contributed by atoms with Gasteiger partial charge in [-0.05, 0) is 31.0 Å². The summed E-state index contributed by atoms with van der Waals surface area (Å²) in [5.74, 6) is 0.244. The van der Waals surface area contributed by atoms with Gasteiger partial charge in [0.15, 0.2) is 0 Å². The van der Waals surface area contributed by atoms with Gasteiger partial charge in [-0.25, -0.2) is 9.37 Å². The predicted molar refractivity (Wildman–Crippen MR) is 131 cm³/mol. The maximum atomic E-state index is 13.4. The fourth-order valence-corrected chi connectivity index (χ4v) is 4.08. The van der Waals surface area contributed by atoms with Crippen LogP contribution in [0, 0.1) is 18.2 Å². The normalized spacial score (nSPS) is 15.6. The molecule has 0 atom stereocenters. The molecule has 1 fully saturated rings. The lowest BCUT2D eigenvalue weighted by atomic mass is 9.86. The van der Waals surface area contributed by atoms with Crippen LogP contribution in [0.3, 0.4) is 0 Å². The van der Waals surface area contributed by atoms with E-state index in [1.807, 2.05) is 0 Å². The topological polar surface area (TPSA) is 73.8 Å². The number of rotatable bonds is 8. The molecule has 0 spiro atoms. The van der Waals surface area contributed by atoms with Crippen LogP contribution in [0.15, 0.2) is 34.1 Å². The lowest BCUT2D eigenvalue weighted by Gasteiger charge is -2.29. The molecule has 0 unspecified atom stereocenters. The maximum absolute atomic E-state index is 13.4. The van der Waals surface area contributed by atoms with Gasteiger partial charge in [-0.2, -0.15) is 0 Å². The molecule has 1 aromatic heterocycles. The van der Waals surface area contributed by atoms with E-state index in [2.05, 4.69) is 40.5 Å². The minimum atomic E-state index is -0.268. The van der Waals surface area contributed by atoms with Crippen molar-refractivity contribution in [2.45, 2.75) is 40.7 Å². The van der Waals surface area contributed by atoms with E-state index in [1.165, 1.54) is 12.1 Å². The molecule has 1 aromatic carbocycles. The number of halogens is 1. The van der Waals surface area contributed by atoms with Gasteiger partial charge in [-0.3, -0.25) is 19.7 Å². The Hall–Kier alpha value is -2.58. The average Bonchev–Trinajstić information content (AvgIpc) is 2.77. The van der Waals surface area contributed by atoms with Gasteiger partial charge in [0.05, 0.1) is 24.6 Å². The summed E-state index contributed by atoms with van der Waals surface area (Å²) < 4.78 is 18.9. The molecular weight excluding hydrogens is 421 g/mol. The third kappa shape index (κ3) is 6.71. The van der Waals surface area contributed by atoms with Crippen LogP contribution in [-0.4, -0.2) is 67.0 Å². The Kier molecular flexibility index (Phi) is 8.37. The number of H-pyrrole nitrogens is 1. The number of nitrogens with one attached hydrogen (secondary N) is 1. The van der Waals surface area contributed by atoms with Crippen molar-refractivity contribution in [1.82, 2.24) is 14.9 Å². The van der Waals surface area contributed by atoms with Crippen LogP contribution in [0.25, 0.3) is 0 Å². The van der Waals surface area contributed by atoms with Crippen LogP contribution in [0.4, 0.5) is 10.3 Å². The molecule has 0 radical (unpaired) electrons. The van der Waals surface area contributed by atoms with Gasteiger partial charge >= 0.3 is 0 Å². The summed E-state index contributed by atoms with van der Waals surface area (Å²) in [6.45, 7) is 13.5. The molecule has 8 heteroatoms. The molecule has 7 nitrogen and oxygen atoms in total. The number of aromatic nitrogens is 2. The molecule has 1 saturated heterocycles. The Morgan fingerprint density at radius 3 is 2.52 bits per heavy atom. The van der Waals surface area contributed by atoms with Crippen molar-refractivity contribution >= 4 is 11.7 Å². The van der Waals surface area contributed by atoms with E-state index < -0.39 is 0 Å². The maximum Gasteiger partial charge on any atom is 0.255 e. The van der Waals surface area contributed by atoms with E-state index in [9.17, 15) is 9.18 Å². The zero-order valence-corrected chi connectivity index (χ0v) is 20.4. The monoisotopic (exact) mass is 457 g/mol. The first-order valence-corrected chi connectivity index (χ1v) is 11.6. The first kappa shape index (κ1) is 25.1. The summed E-state index contributed by atoms with van der Waals surface area (Å²) in [7, 11) is 1.74. The summed E-state index contributed by atoms with van der Waals surface area (Å²) >= 11 is 0. The zero-order valence-electron chi connectivity index (χ0n) is 20.4. The van der Waals surface area contributed by atoms with E-state index in [-0.39, 0.29) is 16.8 Å². The fourth-order valence-electron chi connectivity index (χ4n) is 4.08. The van der Waals surface area contributed by atoms with Crippen molar-refractivity contribution in [2.75, 3.05) is 51.3 Å². The number of hydrogen-bond acceptors (Lipinski definition) is 6. The number of benzene rings is 1. The number of nitrogens with zero attached hydrogens (tertiary/aromatic N) is 4. The van der Waals surface area contributed by atoms with Crippen molar-refractivity contribution in [3.05, 3.63) is 57.3 Å². The Bertz CT molecular complexity index is 1000. The van der Waals surface area contributed by atoms with E-state index in [0.717, 1.165) is 50.5 Å². The van der Waals surface area contributed by atoms with Crippen molar-refractivity contribution in [2.24, 2.45) is 10.4 Å². The summed E-state index contributed by atoms with van der Waals surface area (Å²) in [6, 6.07) is 6.45. The Labute approximate surface area is 195 Å². The number of hydrogen-bond donors (Lipinski definition) is 1. The van der Waals surface area contributed by atoms with Crippen molar-refractivity contribution in [3.63, 3.8) is 0 Å². The molecule has 0 amide bonds. The van der Waals surface area contributed by atoms with Gasteiger partial charge in [0.25, 0.3) is 5.56 Å². The highest BCUT2D eigenvalue weighted by atomic mass is 19.1. The van der Waals surface area contributed by atoms with Gasteiger partial charge in [-0.15, -0.1) is 0 Å². The standard InChI is InChI=1S/C25H36FN5O2/c1-18-21(22(27-5)25(2,3)4)28-24(29-23(18)32)31(17-19-7-9-20(26)10-8-19)12-6-11-30-13-15-33-16-14-30/h7-10H,6,11-17H2,1-5H3,(H,28,29,32). The Morgan fingerprint density at radius 1 is 1.24 bits per heavy atom. The molecular formula is C25H36FN5O2. The van der Waals surface area contributed by atoms with Gasteiger partial charge in [0.2, 0.25) is 5.95 Å². The summed E-state index contributed by atoms with van der Waals surface area (Å²) in [4.78, 5) is 29.6. The van der Waals surface area contributed by atoms with Gasteiger partial charge in [0, 0.05) is 50.7 Å². The molecule has 0 aliphatic carbocycles. The second-order valence-electron chi connectivity index (χ2n) is 9.54. The first-order chi connectivity index (χ1) is 15.7. The second kappa shape index (κ2) is 11.0. The number of morpholine rings is 1. The van der Waals surface area contributed by atoms with Crippen LogP contribution in [-0.2, 0) is 11.3 Å². The van der Waals surface area contributed by atoms with Crippen molar-refractivity contribution in [3.8, 4) is 0 Å². The second-order valence-corrected chi connectivity index (χ2v) is 9.54. The summed E-state index contributed by atoms with van der Waals surface area (Å²) in [6.07, 6.45) is 0.905. The van der Waals surface area contributed by atoms with Crippen LogP contribution in [0.2, 0.25) is 0 Å². The highest BCUT2D eigenvalue weighted by Crippen LogP contribution is 2.23. The number of ether oxygens (including phenoxy) is 1. The molecule has 1 aliphatic rings. The van der Waals surface area contributed by atoms with Crippen molar-refractivity contribution in [1.29, 1.82) is 0 Å². The van der Waals surface area contributed by atoms with Gasteiger partial charge in [-0.1, -0.05) is 32.9 Å². The quantitative estimate of drug-likeness (QED) is 0.615. The lowest BCUT2D eigenvalue weighted by molar-refractivity contribution is 0.0376.